The van der Waals surface area contributed by atoms with Gasteiger partial charge in [0.2, 0.25) is 0 Å². The number of sulfone groups is 1. The van der Waals surface area contributed by atoms with E-state index in [2.05, 4.69) is 61.8 Å². The number of rotatable bonds is 6. The zero-order valence-corrected chi connectivity index (χ0v) is 17.8. The first-order valence-electron chi connectivity index (χ1n) is 9.16. The van der Waals surface area contributed by atoms with Crippen LogP contribution in [0.3, 0.4) is 0 Å². The Bertz CT molecular complexity index is 910. The van der Waals surface area contributed by atoms with Crippen LogP contribution in [-0.4, -0.2) is 34.7 Å². The summed E-state index contributed by atoms with van der Waals surface area (Å²) in [7, 11) is -2.95. The highest BCUT2D eigenvalue weighted by Crippen LogP contribution is 2.31. The minimum atomic E-state index is -2.95. The second-order valence-corrected chi connectivity index (χ2v) is 11.2. The second kappa shape index (κ2) is 7.80. The molecule has 146 valence electrons. The highest BCUT2D eigenvalue weighted by molar-refractivity contribution is 7.98. The summed E-state index contributed by atoms with van der Waals surface area (Å²) < 4.78 is 25.6. The predicted molar refractivity (Wildman–Crippen MR) is 111 cm³/mol. The average molecular weight is 406 g/mol. The summed E-state index contributed by atoms with van der Waals surface area (Å²) in [5.74, 6) is 1.90. The summed E-state index contributed by atoms with van der Waals surface area (Å²) in [6, 6.07) is 8.68. The molecule has 1 atom stereocenters. The molecule has 2 heterocycles. The van der Waals surface area contributed by atoms with Crippen molar-refractivity contribution in [2.24, 2.45) is 0 Å². The van der Waals surface area contributed by atoms with Crippen LogP contribution in [0.1, 0.15) is 50.1 Å². The summed E-state index contributed by atoms with van der Waals surface area (Å²) >= 11 is 1.63. The van der Waals surface area contributed by atoms with E-state index in [0.717, 1.165) is 16.7 Å². The van der Waals surface area contributed by atoms with E-state index in [0.29, 0.717) is 13.0 Å². The van der Waals surface area contributed by atoms with E-state index in [4.69, 9.17) is 0 Å². The zero-order chi connectivity index (χ0) is 19.7. The van der Waals surface area contributed by atoms with Gasteiger partial charge in [0.05, 0.1) is 11.5 Å². The Morgan fingerprint density at radius 3 is 2.52 bits per heavy atom. The molecule has 3 rings (SSSR count). The quantitative estimate of drug-likeness (QED) is 0.538. The Kier molecular flexibility index (Phi) is 5.82. The van der Waals surface area contributed by atoms with E-state index >= 15 is 0 Å². The van der Waals surface area contributed by atoms with Gasteiger partial charge in [-0.25, -0.2) is 8.42 Å². The Morgan fingerprint density at radius 2 is 1.96 bits per heavy atom. The number of thioether (sulfide) groups is 1. The molecule has 0 saturated carbocycles. The van der Waals surface area contributed by atoms with Crippen molar-refractivity contribution in [3.05, 3.63) is 53.9 Å². The molecule has 2 aromatic rings. The maximum Gasteiger partial charge on any atom is 0.191 e. The molecule has 1 aliphatic rings. The topological polar surface area (TPSA) is 64.8 Å². The largest absolute Gasteiger partial charge is 0.302 e. The van der Waals surface area contributed by atoms with Gasteiger partial charge in [0.15, 0.2) is 15.0 Å². The van der Waals surface area contributed by atoms with Crippen LogP contribution >= 0.6 is 11.8 Å². The first-order chi connectivity index (χ1) is 12.7. The first-order valence-corrected chi connectivity index (χ1v) is 12.0. The molecule has 27 heavy (non-hydrogen) atoms. The van der Waals surface area contributed by atoms with E-state index in [1.54, 1.807) is 17.8 Å². The van der Waals surface area contributed by atoms with E-state index < -0.39 is 9.84 Å². The Balaban J connectivity index is 1.74. The van der Waals surface area contributed by atoms with Gasteiger partial charge in [-0.15, -0.1) is 16.8 Å². The third-order valence-electron chi connectivity index (χ3n) is 4.84. The molecule has 1 fully saturated rings. The molecule has 0 aliphatic carbocycles. The van der Waals surface area contributed by atoms with Crippen molar-refractivity contribution in [1.82, 2.24) is 14.8 Å². The zero-order valence-electron chi connectivity index (χ0n) is 16.2. The summed E-state index contributed by atoms with van der Waals surface area (Å²) in [5.41, 5.74) is 2.69. The maximum absolute atomic E-state index is 11.8. The Morgan fingerprint density at radius 1 is 1.26 bits per heavy atom. The van der Waals surface area contributed by atoms with Gasteiger partial charge in [-0.1, -0.05) is 62.9 Å². The molecule has 0 spiro atoms. The molecular weight excluding hydrogens is 378 g/mol. The molecule has 0 radical (unpaired) electrons. The first kappa shape index (κ1) is 20.1. The van der Waals surface area contributed by atoms with Gasteiger partial charge >= 0.3 is 0 Å². The molecule has 0 amide bonds. The van der Waals surface area contributed by atoms with Crippen molar-refractivity contribution in [3.63, 3.8) is 0 Å². The van der Waals surface area contributed by atoms with Crippen LogP contribution in [0.4, 0.5) is 0 Å². The molecule has 5 nitrogen and oxygen atoms in total. The fraction of sp³-hybridized carbons (Fsp3) is 0.500. The molecule has 1 aromatic carbocycles. The molecule has 0 bridgehead atoms. The number of allylic oxidation sites excluding steroid dienone is 1. The van der Waals surface area contributed by atoms with Crippen LogP contribution < -0.4 is 0 Å². The lowest BCUT2D eigenvalue weighted by Gasteiger charge is -2.19. The predicted octanol–water partition coefficient (Wildman–Crippen LogP) is 3.96. The lowest BCUT2D eigenvalue weighted by atomic mass is 9.87. The normalized spacial score (nSPS) is 19.3. The monoisotopic (exact) mass is 405 g/mol. The third-order valence-corrected chi connectivity index (χ3v) is 7.65. The smallest absolute Gasteiger partial charge is 0.191 e. The van der Waals surface area contributed by atoms with Crippen LogP contribution in [0.2, 0.25) is 0 Å². The number of aromatic nitrogens is 3. The molecule has 1 saturated heterocycles. The van der Waals surface area contributed by atoms with Crippen molar-refractivity contribution < 1.29 is 8.42 Å². The summed E-state index contributed by atoms with van der Waals surface area (Å²) in [6.45, 7) is 11.0. The van der Waals surface area contributed by atoms with Gasteiger partial charge < -0.3 is 4.57 Å². The van der Waals surface area contributed by atoms with Crippen LogP contribution in [0.15, 0.2) is 42.1 Å². The van der Waals surface area contributed by atoms with Crippen molar-refractivity contribution >= 4 is 21.6 Å². The SMILES string of the molecule is C=CCn1c(SCc2ccc(C(C)(C)C)cc2)nnc1[C@@H]1CCS(=O)(=O)C1. The summed E-state index contributed by atoms with van der Waals surface area (Å²) in [6.07, 6.45) is 2.43. The van der Waals surface area contributed by atoms with Crippen molar-refractivity contribution in [2.45, 2.75) is 56.0 Å². The highest BCUT2D eigenvalue weighted by Gasteiger charge is 2.33. The molecular formula is C20H27N3O2S2. The summed E-state index contributed by atoms with van der Waals surface area (Å²) in [5, 5.41) is 9.47. The molecule has 0 unspecified atom stereocenters. The molecule has 1 aromatic heterocycles. The van der Waals surface area contributed by atoms with E-state index in [1.165, 1.54) is 11.1 Å². The van der Waals surface area contributed by atoms with Crippen molar-refractivity contribution in [2.75, 3.05) is 11.5 Å². The maximum atomic E-state index is 11.8. The minimum Gasteiger partial charge on any atom is -0.302 e. The highest BCUT2D eigenvalue weighted by atomic mass is 32.2. The van der Waals surface area contributed by atoms with Crippen molar-refractivity contribution in [3.8, 4) is 0 Å². The standard InChI is InChI=1S/C20H27N3O2S2/c1-5-11-23-18(16-10-12-27(24,25)14-16)21-22-19(23)26-13-15-6-8-17(9-7-15)20(2,3)4/h5-9,16H,1,10-14H2,2-4H3/t16-/m1/s1. The van der Waals surface area contributed by atoms with Gasteiger partial charge in [-0.3, -0.25) is 0 Å². The Hall–Kier alpha value is -1.60. The molecule has 0 N–H and O–H groups in total. The molecule has 1 aliphatic heterocycles. The number of benzene rings is 1. The third kappa shape index (κ3) is 4.82. The summed E-state index contributed by atoms with van der Waals surface area (Å²) in [4.78, 5) is 0. The fourth-order valence-electron chi connectivity index (χ4n) is 3.26. The minimum absolute atomic E-state index is 0.0668. The Labute approximate surface area is 166 Å². The average Bonchev–Trinajstić information content (AvgIpc) is 3.16. The van der Waals surface area contributed by atoms with Crippen LogP contribution in [0, 0.1) is 0 Å². The van der Waals surface area contributed by atoms with Gasteiger partial charge in [-0.05, 0) is 23.0 Å². The van der Waals surface area contributed by atoms with Crippen LogP contribution in [0.5, 0.6) is 0 Å². The fourth-order valence-corrected chi connectivity index (χ4v) is 5.91. The van der Waals surface area contributed by atoms with Gasteiger partial charge in [0.25, 0.3) is 0 Å². The van der Waals surface area contributed by atoms with Crippen LogP contribution in [0.25, 0.3) is 0 Å². The van der Waals surface area contributed by atoms with E-state index in [1.807, 2.05) is 4.57 Å². The lowest BCUT2D eigenvalue weighted by molar-refractivity contribution is 0.590. The number of hydrogen-bond donors (Lipinski definition) is 0. The van der Waals surface area contributed by atoms with Crippen LogP contribution in [-0.2, 0) is 27.5 Å². The van der Waals surface area contributed by atoms with E-state index in [9.17, 15) is 8.42 Å². The van der Waals surface area contributed by atoms with Gasteiger partial charge in [-0.2, -0.15) is 0 Å². The second-order valence-electron chi connectivity index (χ2n) is 8.08. The number of hydrogen-bond acceptors (Lipinski definition) is 5. The van der Waals surface area contributed by atoms with Crippen molar-refractivity contribution in [1.29, 1.82) is 0 Å². The number of nitrogens with zero attached hydrogens (tertiary/aromatic N) is 3. The molecule has 7 heteroatoms. The van der Waals surface area contributed by atoms with Gasteiger partial charge in [0.1, 0.15) is 5.82 Å². The van der Waals surface area contributed by atoms with Gasteiger partial charge in [0, 0.05) is 18.2 Å². The lowest BCUT2D eigenvalue weighted by Crippen LogP contribution is -2.11. The van der Waals surface area contributed by atoms with E-state index in [-0.39, 0.29) is 22.8 Å².